The zero-order valence-corrected chi connectivity index (χ0v) is 16.9. The maximum absolute atomic E-state index is 12.9. The Kier molecular flexibility index (Phi) is 4.66. The molecule has 1 aliphatic carbocycles. The molecule has 1 saturated carbocycles. The van der Waals surface area contributed by atoms with E-state index in [4.69, 9.17) is 0 Å². The third-order valence-corrected chi connectivity index (χ3v) is 4.92. The fourth-order valence-electron chi connectivity index (χ4n) is 3.40. The van der Waals surface area contributed by atoms with Crippen LogP contribution in [0.2, 0.25) is 0 Å². The first-order valence-corrected chi connectivity index (χ1v) is 9.40. The number of carbonyl (C=O) groups excluding carboxylic acids is 1. The molecule has 2 heterocycles. The van der Waals surface area contributed by atoms with E-state index in [2.05, 4.69) is 15.5 Å². The zero-order chi connectivity index (χ0) is 20.1. The Morgan fingerprint density at radius 1 is 1.37 bits per heavy atom. The summed E-state index contributed by atoms with van der Waals surface area (Å²) in [5.41, 5.74) is -0.00768. The highest BCUT2D eigenvalue weighted by atomic mass is 16.3. The number of nitrogens with zero attached hydrogens (tertiary/aromatic N) is 4. The molecule has 0 unspecified atom stereocenters. The van der Waals surface area contributed by atoms with Crippen LogP contribution in [0, 0.1) is 0 Å². The van der Waals surface area contributed by atoms with E-state index in [9.17, 15) is 14.7 Å². The molecule has 0 bridgehead atoms. The van der Waals surface area contributed by atoms with Crippen LogP contribution in [0.1, 0.15) is 71.8 Å². The number of hydrogen-bond acceptors (Lipinski definition) is 5. The van der Waals surface area contributed by atoms with E-state index in [0.29, 0.717) is 24.2 Å². The van der Waals surface area contributed by atoms with Crippen molar-refractivity contribution in [1.82, 2.24) is 24.7 Å². The predicted molar refractivity (Wildman–Crippen MR) is 102 cm³/mol. The lowest BCUT2D eigenvalue weighted by atomic mass is 9.77. The van der Waals surface area contributed by atoms with Crippen LogP contribution in [0.25, 0.3) is 5.52 Å². The van der Waals surface area contributed by atoms with Gasteiger partial charge in [-0.3, -0.25) is 9.59 Å². The first-order valence-electron chi connectivity index (χ1n) is 9.40. The number of fused-ring (bicyclic) bond motifs is 1. The number of carbonyl (C=O) groups is 1. The molecule has 0 atom stereocenters. The topological polar surface area (TPSA) is 102 Å². The normalized spacial score (nSPS) is 22.9. The van der Waals surface area contributed by atoms with Crippen LogP contribution in [0.15, 0.2) is 10.9 Å². The monoisotopic (exact) mass is 375 g/mol. The minimum atomic E-state index is -0.711. The summed E-state index contributed by atoms with van der Waals surface area (Å²) in [6.07, 6.45) is 1.05. The van der Waals surface area contributed by atoms with Gasteiger partial charge in [0.15, 0.2) is 5.82 Å². The summed E-state index contributed by atoms with van der Waals surface area (Å²) in [5, 5.41) is 21.6. The molecule has 1 amide bonds. The average molecular weight is 375 g/mol. The van der Waals surface area contributed by atoms with Crippen molar-refractivity contribution in [1.29, 1.82) is 0 Å². The Morgan fingerprint density at radius 2 is 2.00 bits per heavy atom. The molecule has 0 spiro atoms. The van der Waals surface area contributed by atoms with Gasteiger partial charge in [-0.15, -0.1) is 0 Å². The molecule has 27 heavy (non-hydrogen) atoms. The number of aliphatic hydroxyl groups is 1. The van der Waals surface area contributed by atoms with Crippen molar-refractivity contribution in [3.05, 3.63) is 27.9 Å². The molecule has 0 aliphatic heterocycles. The summed E-state index contributed by atoms with van der Waals surface area (Å²) in [6.45, 7) is 11.7. The average Bonchev–Trinajstić information content (AvgIpc) is 2.93. The van der Waals surface area contributed by atoms with E-state index in [1.54, 1.807) is 17.5 Å². The van der Waals surface area contributed by atoms with Gasteiger partial charge in [-0.05, 0) is 25.8 Å². The summed E-state index contributed by atoms with van der Waals surface area (Å²) in [7, 11) is 0. The molecule has 3 rings (SSSR count). The second-order valence-corrected chi connectivity index (χ2v) is 9.22. The van der Waals surface area contributed by atoms with Gasteiger partial charge in [-0.1, -0.05) is 34.6 Å². The van der Waals surface area contributed by atoms with Gasteiger partial charge in [0.2, 0.25) is 5.91 Å². The van der Waals surface area contributed by atoms with Crippen molar-refractivity contribution in [3.63, 3.8) is 0 Å². The van der Waals surface area contributed by atoms with Gasteiger partial charge in [0, 0.05) is 17.4 Å². The molecule has 2 N–H and O–H groups in total. The standard InChI is InChI=1S/C19H29N5O3/c1-11(2)16-22-23(10-15(25)20-12-8-19(6,27)9-12)17(26)13-7-14(18(3,4)5)21-24(13)16/h7,11-12,27H,8-10H2,1-6H3,(H,20,25)/t12-,19+. The molecule has 148 valence electrons. The van der Waals surface area contributed by atoms with Crippen molar-refractivity contribution in [2.24, 2.45) is 0 Å². The Hall–Kier alpha value is -2.22. The van der Waals surface area contributed by atoms with E-state index >= 15 is 0 Å². The van der Waals surface area contributed by atoms with E-state index in [1.165, 1.54) is 4.68 Å². The van der Waals surface area contributed by atoms with Crippen molar-refractivity contribution < 1.29 is 9.90 Å². The Bertz CT molecular complexity index is 925. The van der Waals surface area contributed by atoms with E-state index < -0.39 is 5.60 Å². The fourth-order valence-corrected chi connectivity index (χ4v) is 3.40. The summed E-state index contributed by atoms with van der Waals surface area (Å²) in [5.74, 6) is 0.399. The minimum absolute atomic E-state index is 0.0388. The Balaban J connectivity index is 1.92. The molecule has 1 aliphatic rings. The molecular formula is C19H29N5O3. The molecule has 8 nitrogen and oxygen atoms in total. The number of amides is 1. The number of nitrogens with one attached hydrogen (secondary N) is 1. The second kappa shape index (κ2) is 6.44. The predicted octanol–water partition coefficient (Wildman–Crippen LogP) is 1.34. The van der Waals surface area contributed by atoms with Crippen LogP contribution in [0.5, 0.6) is 0 Å². The van der Waals surface area contributed by atoms with Crippen LogP contribution in [0.4, 0.5) is 0 Å². The zero-order valence-electron chi connectivity index (χ0n) is 16.9. The number of rotatable bonds is 4. The van der Waals surface area contributed by atoms with E-state index in [1.807, 2.05) is 34.6 Å². The highest BCUT2D eigenvalue weighted by Crippen LogP contribution is 2.31. The minimum Gasteiger partial charge on any atom is -0.390 e. The molecular weight excluding hydrogens is 346 g/mol. The SMILES string of the molecule is CC(C)c1nn(CC(=O)N[C@H]2C[C@@](C)(O)C2)c(=O)c2cc(C(C)(C)C)nn12. The van der Waals surface area contributed by atoms with Crippen molar-refractivity contribution in [2.45, 2.75) is 83.9 Å². The quantitative estimate of drug-likeness (QED) is 0.840. The lowest BCUT2D eigenvalue weighted by Gasteiger charge is -2.41. The van der Waals surface area contributed by atoms with Gasteiger partial charge >= 0.3 is 0 Å². The van der Waals surface area contributed by atoms with E-state index in [-0.39, 0.29) is 35.4 Å². The highest BCUT2D eigenvalue weighted by Gasteiger charge is 2.39. The summed E-state index contributed by atoms with van der Waals surface area (Å²) >= 11 is 0. The second-order valence-electron chi connectivity index (χ2n) is 9.22. The maximum atomic E-state index is 12.9. The molecule has 1 fully saturated rings. The molecule has 0 saturated heterocycles. The van der Waals surface area contributed by atoms with Crippen molar-refractivity contribution in [3.8, 4) is 0 Å². The first kappa shape index (κ1) is 19.5. The van der Waals surface area contributed by atoms with Gasteiger partial charge in [0.25, 0.3) is 5.56 Å². The van der Waals surface area contributed by atoms with E-state index in [0.717, 1.165) is 5.69 Å². The van der Waals surface area contributed by atoms with Gasteiger partial charge in [0.05, 0.1) is 11.3 Å². The fraction of sp³-hybridized carbons (Fsp3) is 0.684. The summed E-state index contributed by atoms with van der Waals surface area (Å²) in [4.78, 5) is 25.2. The Morgan fingerprint density at radius 3 is 2.52 bits per heavy atom. The third kappa shape index (κ3) is 3.90. The number of aromatic nitrogens is 4. The molecule has 2 aromatic heterocycles. The van der Waals surface area contributed by atoms with Gasteiger partial charge < -0.3 is 10.4 Å². The van der Waals surface area contributed by atoms with Crippen LogP contribution < -0.4 is 10.9 Å². The highest BCUT2D eigenvalue weighted by molar-refractivity contribution is 5.76. The van der Waals surface area contributed by atoms with Crippen LogP contribution in [-0.4, -0.2) is 42.1 Å². The van der Waals surface area contributed by atoms with Crippen LogP contribution in [0.3, 0.4) is 0 Å². The van der Waals surface area contributed by atoms with Gasteiger partial charge in [-0.25, -0.2) is 9.20 Å². The lowest BCUT2D eigenvalue weighted by Crippen LogP contribution is -2.54. The van der Waals surface area contributed by atoms with Crippen LogP contribution >= 0.6 is 0 Å². The molecule has 0 aromatic carbocycles. The molecule has 2 aromatic rings. The summed E-state index contributed by atoms with van der Waals surface area (Å²) in [6, 6.07) is 1.73. The smallest absolute Gasteiger partial charge is 0.293 e. The summed E-state index contributed by atoms with van der Waals surface area (Å²) < 4.78 is 2.82. The first-order chi connectivity index (χ1) is 12.4. The number of hydrogen-bond donors (Lipinski definition) is 2. The van der Waals surface area contributed by atoms with Gasteiger partial charge in [-0.2, -0.15) is 10.2 Å². The molecule has 8 heteroatoms. The lowest BCUT2D eigenvalue weighted by molar-refractivity contribution is -0.125. The largest absolute Gasteiger partial charge is 0.390 e. The Labute approximate surface area is 158 Å². The van der Waals surface area contributed by atoms with Gasteiger partial charge in [0.1, 0.15) is 12.1 Å². The third-order valence-electron chi connectivity index (χ3n) is 4.92. The van der Waals surface area contributed by atoms with Crippen molar-refractivity contribution >= 4 is 11.4 Å². The molecule has 0 radical (unpaired) electrons. The van der Waals surface area contributed by atoms with Crippen molar-refractivity contribution in [2.75, 3.05) is 0 Å². The van der Waals surface area contributed by atoms with Crippen LogP contribution in [-0.2, 0) is 16.8 Å². The maximum Gasteiger partial charge on any atom is 0.293 e.